The van der Waals surface area contributed by atoms with Crippen molar-refractivity contribution in [2.75, 3.05) is 32.7 Å². The number of guanidine groups is 1. The van der Waals surface area contributed by atoms with Crippen LogP contribution in [0.1, 0.15) is 45.3 Å². The highest BCUT2D eigenvalue weighted by Gasteiger charge is 2.41. The van der Waals surface area contributed by atoms with E-state index in [0.717, 1.165) is 16.7 Å². The number of aliphatic imine (C=N–C) groups is 1. The van der Waals surface area contributed by atoms with Crippen LogP contribution in [0.4, 0.5) is 13.2 Å². The molecule has 1 saturated heterocycles. The fourth-order valence-electron chi connectivity index (χ4n) is 2.83. The number of thiazole rings is 1. The summed E-state index contributed by atoms with van der Waals surface area (Å²) in [6, 6.07) is -1.41. The van der Waals surface area contributed by atoms with Gasteiger partial charge in [0.15, 0.2) is 5.96 Å². The Morgan fingerprint density at radius 3 is 2.37 bits per heavy atom. The fraction of sp³-hybridized carbons (Fsp3) is 0.778. The van der Waals surface area contributed by atoms with Gasteiger partial charge in [0, 0.05) is 43.5 Å². The Balaban J connectivity index is 1.99. The van der Waals surface area contributed by atoms with E-state index in [9.17, 15) is 13.2 Å². The summed E-state index contributed by atoms with van der Waals surface area (Å²) in [5.41, 5.74) is 0.937. The maximum absolute atomic E-state index is 12.9. The monoisotopic (exact) mass is 405 g/mol. The molecule has 1 atom stereocenters. The van der Waals surface area contributed by atoms with E-state index in [1.54, 1.807) is 11.3 Å². The Kier molecular flexibility index (Phi) is 7.13. The van der Waals surface area contributed by atoms with Crippen molar-refractivity contribution in [3.05, 3.63) is 16.1 Å². The molecule has 0 radical (unpaired) electrons. The molecule has 1 aliphatic rings. The van der Waals surface area contributed by atoms with Gasteiger partial charge in [-0.25, -0.2) is 9.98 Å². The summed E-state index contributed by atoms with van der Waals surface area (Å²) >= 11 is 1.64. The van der Waals surface area contributed by atoms with Crippen molar-refractivity contribution in [3.8, 4) is 0 Å². The van der Waals surface area contributed by atoms with Crippen LogP contribution < -0.4 is 5.32 Å². The van der Waals surface area contributed by atoms with E-state index in [4.69, 9.17) is 0 Å². The number of hydrogen-bond acceptors (Lipinski definition) is 4. The fourth-order valence-corrected chi connectivity index (χ4v) is 3.73. The predicted octanol–water partition coefficient (Wildman–Crippen LogP) is 3.47. The maximum atomic E-state index is 12.9. The van der Waals surface area contributed by atoms with Gasteiger partial charge in [-0.15, -0.1) is 11.3 Å². The molecule has 0 spiro atoms. The zero-order valence-electron chi connectivity index (χ0n) is 16.7. The molecule has 1 aromatic rings. The second-order valence-corrected chi connectivity index (χ2v) is 8.66. The molecule has 154 valence electrons. The molecule has 2 heterocycles. The van der Waals surface area contributed by atoms with Gasteiger partial charge in [0.05, 0.1) is 17.2 Å². The lowest BCUT2D eigenvalue weighted by molar-refractivity contribution is -0.181. The highest BCUT2D eigenvalue weighted by atomic mass is 32.1. The first-order valence-electron chi connectivity index (χ1n) is 9.31. The second kappa shape index (κ2) is 8.77. The standard InChI is InChI=1S/C18H30F3N5S/c1-6-22-16(23-11-14-12-27-15(24-14)17(3,4)5)26-9-7-25(8-10-26)13(2)18(19,20)21/h12-13H,6-11H2,1-5H3,(H,22,23). The van der Waals surface area contributed by atoms with Crippen LogP contribution >= 0.6 is 11.3 Å². The van der Waals surface area contributed by atoms with Crippen LogP contribution in [-0.2, 0) is 12.0 Å². The zero-order valence-corrected chi connectivity index (χ0v) is 17.5. The van der Waals surface area contributed by atoms with E-state index in [1.165, 1.54) is 11.8 Å². The van der Waals surface area contributed by atoms with E-state index in [0.29, 0.717) is 39.3 Å². The molecule has 0 aliphatic carbocycles. The second-order valence-electron chi connectivity index (χ2n) is 7.80. The van der Waals surface area contributed by atoms with Crippen LogP contribution in [0.5, 0.6) is 0 Å². The molecule has 1 fully saturated rings. The number of rotatable bonds is 4. The van der Waals surface area contributed by atoms with E-state index >= 15 is 0 Å². The molecular formula is C18H30F3N5S. The number of nitrogens with zero attached hydrogens (tertiary/aromatic N) is 4. The minimum Gasteiger partial charge on any atom is -0.357 e. The van der Waals surface area contributed by atoms with Gasteiger partial charge in [0.1, 0.15) is 6.04 Å². The Morgan fingerprint density at radius 1 is 1.26 bits per heavy atom. The Hall–Kier alpha value is -1.35. The first-order chi connectivity index (χ1) is 12.5. The summed E-state index contributed by atoms with van der Waals surface area (Å²) < 4.78 is 38.7. The lowest BCUT2D eigenvalue weighted by Crippen LogP contribution is -2.56. The Morgan fingerprint density at radius 2 is 1.89 bits per heavy atom. The van der Waals surface area contributed by atoms with Gasteiger partial charge < -0.3 is 10.2 Å². The van der Waals surface area contributed by atoms with Crippen LogP contribution in [0.25, 0.3) is 0 Å². The molecule has 1 aliphatic heterocycles. The molecule has 0 aromatic carbocycles. The predicted molar refractivity (Wildman–Crippen MR) is 104 cm³/mol. The van der Waals surface area contributed by atoms with Crippen molar-refractivity contribution in [1.29, 1.82) is 0 Å². The SMILES string of the molecule is CCNC(=NCc1csc(C(C)(C)C)n1)N1CCN(C(C)C(F)(F)F)CC1. The first kappa shape index (κ1) is 21.9. The number of halogens is 3. The molecule has 27 heavy (non-hydrogen) atoms. The molecule has 0 bridgehead atoms. The molecule has 1 N–H and O–H groups in total. The molecular weight excluding hydrogens is 375 g/mol. The minimum atomic E-state index is -4.18. The molecule has 1 unspecified atom stereocenters. The van der Waals surface area contributed by atoms with Crippen molar-refractivity contribution >= 4 is 17.3 Å². The van der Waals surface area contributed by atoms with E-state index in [-0.39, 0.29) is 5.41 Å². The number of hydrogen-bond donors (Lipinski definition) is 1. The van der Waals surface area contributed by atoms with Crippen molar-refractivity contribution in [2.24, 2.45) is 4.99 Å². The molecule has 0 amide bonds. The average molecular weight is 406 g/mol. The van der Waals surface area contributed by atoms with Crippen molar-refractivity contribution < 1.29 is 13.2 Å². The summed E-state index contributed by atoms with van der Waals surface area (Å²) in [4.78, 5) is 12.8. The van der Waals surface area contributed by atoms with Crippen LogP contribution in [0.15, 0.2) is 10.4 Å². The van der Waals surface area contributed by atoms with Gasteiger partial charge in [-0.1, -0.05) is 20.8 Å². The third-order valence-corrected chi connectivity index (χ3v) is 5.87. The Labute approximate surface area is 163 Å². The van der Waals surface area contributed by atoms with Gasteiger partial charge in [0.2, 0.25) is 0 Å². The van der Waals surface area contributed by atoms with Crippen molar-refractivity contribution in [1.82, 2.24) is 20.1 Å². The minimum absolute atomic E-state index is 0.0165. The van der Waals surface area contributed by atoms with E-state index in [1.807, 2.05) is 17.2 Å². The summed E-state index contributed by atoms with van der Waals surface area (Å²) in [5.74, 6) is 0.738. The van der Waals surface area contributed by atoms with Crippen LogP contribution in [0, 0.1) is 0 Å². The molecule has 0 saturated carbocycles. The van der Waals surface area contributed by atoms with E-state index in [2.05, 4.69) is 36.1 Å². The largest absolute Gasteiger partial charge is 0.403 e. The van der Waals surface area contributed by atoms with Crippen molar-refractivity contribution in [3.63, 3.8) is 0 Å². The third-order valence-electron chi connectivity index (χ3n) is 4.55. The highest BCUT2D eigenvalue weighted by molar-refractivity contribution is 7.09. The summed E-state index contributed by atoms with van der Waals surface area (Å²) in [5, 5.41) is 6.35. The molecule has 5 nitrogen and oxygen atoms in total. The topological polar surface area (TPSA) is 43.8 Å². The zero-order chi connectivity index (χ0) is 20.2. The van der Waals surface area contributed by atoms with Gasteiger partial charge in [-0.3, -0.25) is 4.90 Å². The lowest BCUT2D eigenvalue weighted by Gasteiger charge is -2.39. The molecule has 2 rings (SSSR count). The van der Waals surface area contributed by atoms with Gasteiger partial charge >= 0.3 is 6.18 Å². The number of nitrogens with one attached hydrogen (secondary N) is 1. The van der Waals surface area contributed by atoms with Crippen molar-refractivity contribution in [2.45, 2.75) is 58.8 Å². The maximum Gasteiger partial charge on any atom is 0.403 e. The molecule has 1 aromatic heterocycles. The summed E-state index contributed by atoms with van der Waals surface area (Å²) in [6.45, 7) is 12.6. The normalized spacial score (nSPS) is 18.7. The highest BCUT2D eigenvalue weighted by Crippen LogP contribution is 2.26. The van der Waals surface area contributed by atoms with Crippen LogP contribution in [0.2, 0.25) is 0 Å². The number of aromatic nitrogens is 1. The quantitative estimate of drug-likeness (QED) is 0.615. The lowest BCUT2D eigenvalue weighted by atomic mass is 9.98. The van der Waals surface area contributed by atoms with E-state index < -0.39 is 12.2 Å². The third kappa shape index (κ3) is 6.07. The smallest absolute Gasteiger partial charge is 0.357 e. The van der Waals surface area contributed by atoms with Crippen LogP contribution in [0.3, 0.4) is 0 Å². The number of alkyl halides is 3. The number of piperazine rings is 1. The van der Waals surface area contributed by atoms with Gasteiger partial charge in [0.25, 0.3) is 0 Å². The van der Waals surface area contributed by atoms with Gasteiger partial charge in [-0.2, -0.15) is 13.2 Å². The molecule has 9 heteroatoms. The summed E-state index contributed by atoms with van der Waals surface area (Å²) in [6.07, 6.45) is -4.18. The van der Waals surface area contributed by atoms with Crippen LogP contribution in [-0.4, -0.2) is 65.7 Å². The summed E-state index contributed by atoms with van der Waals surface area (Å²) in [7, 11) is 0. The average Bonchev–Trinajstić information content (AvgIpc) is 3.07. The first-order valence-corrected chi connectivity index (χ1v) is 10.2. The van der Waals surface area contributed by atoms with Gasteiger partial charge in [-0.05, 0) is 13.8 Å². The Bertz CT molecular complexity index is 628.